The lowest BCUT2D eigenvalue weighted by atomic mass is 10.0. The fourth-order valence-electron chi connectivity index (χ4n) is 3.23. The summed E-state index contributed by atoms with van der Waals surface area (Å²) in [7, 11) is 1.56. The third kappa shape index (κ3) is 6.05. The maximum Gasteiger partial charge on any atom is 0.310 e. The molecule has 0 atom stereocenters. The van der Waals surface area contributed by atoms with E-state index in [1.165, 1.54) is 11.3 Å². The van der Waals surface area contributed by atoms with Crippen LogP contribution < -0.4 is 10.1 Å². The molecule has 4 rings (SSSR count). The number of ether oxygens (including phenoxy) is 2. The highest BCUT2D eigenvalue weighted by Crippen LogP contribution is 2.27. The smallest absolute Gasteiger partial charge is 0.310 e. The molecule has 0 fully saturated rings. The van der Waals surface area contributed by atoms with Gasteiger partial charge in [0.1, 0.15) is 5.75 Å². The number of benzene rings is 3. The van der Waals surface area contributed by atoms with Crippen molar-refractivity contribution in [2.45, 2.75) is 6.42 Å². The van der Waals surface area contributed by atoms with Gasteiger partial charge in [0.2, 0.25) is 0 Å². The van der Waals surface area contributed by atoms with Gasteiger partial charge in [-0.2, -0.15) is 0 Å². The Kier molecular flexibility index (Phi) is 7.12. The van der Waals surface area contributed by atoms with E-state index >= 15 is 0 Å². The highest BCUT2D eigenvalue weighted by atomic mass is 32.1. The largest absolute Gasteiger partial charge is 0.497 e. The van der Waals surface area contributed by atoms with Crippen molar-refractivity contribution >= 4 is 28.3 Å². The molecule has 0 aliphatic carbocycles. The van der Waals surface area contributed by atoms with Gasteiger partial charge in [0.25, 0.3) is 5.91 Å². The third-order valence-corrected chi connectivity index (χ3v) is 5.64. The number of nitrogens with zero attached hydrogens (tertiary/aromatic N) is 1. The van der Waals surface area contributed by atoms with Crippen LogP contribution in [0.15, 0.2) is 84.2 Å². The summed E-state index contributed by atoms with van der Waals surface area (Å²) in [5.41, 5.74) is 4.75. The molecule has 0 aliphatic rings. The molecule has 0 radical (unpaired) electrons. The Balaban J connectivity index is 1.29. The predicted octanol–water partition coefficient (Wildman–Crippen LogP) is 5.21. The predicted molar refractivity (Wildman–Crippen MR) is 129 cm³/mol. The Morgan fingerprint density at radius 2 is 1.64 bits per heavy atom. The Morgan fingerprint density at radius 1 is 0.909 bits per heavy atom. The number of methoxy groups -OCH3 is 1. The van der Waals surface area contributed by atoms with Gasteiger partial charge in [0, 0.05) is 10.9 Å². The number of thiazole rings is 1. The number of carbonyl (C=O) groups excluding carboxylic acids is 2. The highest BCUT2D eigenvalue weighted by molar-refractivity contribution is 7.14. The molecule has 0 aliphatic heterocycles. The third-order valence-electron chi connectivity index (χ3n) is 4.89. The molecule has 1 heterocycles. The quantitative estimate of drug-likeness (QED) is 0.367. The first-order valence-electron chi connectivity index (χ1n) is 10.3. The minimum atomic E-state index is -0.489. The summed E-state index contributed by atoms with van der Waals surface area (Å²) in [6.45, 7) is -0.372. The fourth-order valence-corrected chi connectivity index (χ4v) is 3.97. The molecule has 166 valence electrons. The molecule has 0 saturated carbocycles. The summed E-state index contributed by atoms with van der Waals surface area (Å²) in [6, 6.07) is 25.4. The van der Waals surface area contributed by atoms with E-state index in [4.69, 9.17) is 9.47 Å². The Morgan fingerprint density at radius 3 is 2.39 bits per heavy atom. The van der Waals surface area contributed by atoms with Crippen molar-refractivity contribution in [1.82, 2.24) is 4.98 Å². The molecule has 1 amide bonds. The highest BCUT2D eigenvalue weighted by Gasteiger charge is 2.12. The van der Waals surface area contributed by atoms with E-state index in [9.17, 15) is 9.59 Å². The average molecular weight is 459 g/mol. The minimum absolute atomic E-state index is 0.0604. The van der Waals surface area contributed by atoms with Crippen LogP contribution in [0.4, 0.5) is 5.13 Å². The summed E-state index contributed by atoms with van der Waals surface area (Å²) in [6.07, 6.45) is 0.0604. The van der Waals surface area contributed by atoms with Crippen LogP contribution in [0.25, 0.3) is 22.4 Å². The number of esters is 1. The molecule has 0 unspecified atom stereocenters. The number of aromatic nitrogens is 1. The van der Waals surface area contributed by atoms with Crippen molar-refractivity contribution in [3.8, 4) is 28.1 Å². The van der Waals surface area contributed by atoms with Gasteiger partial charge in [0.05, 0.1) is 19.2 Å². The van der Waals surface area contributed by atoms with Crippen molar-refractivity contribution in [2.24, 2.45) is 0 Å². The van der Waals surface area contributed by atoms with Gasteiger partial charge in [-0.15, -0.1) is 11.3 Å². The van der Waals surface area contributed by atoms with Crippen molar-refractivity contribution in [3.05, 3.63) is 89.8 Å². The van der Waals surface area contributed by atoms with Gasteiger partial charge in [-0.1, -0.05) is 66.7 Å². The second kappa shape index (κ2) is 10.6. The summed E-state index contributed by atoms with van der Waals surface area (Å²) < 4.78 is 10.2. The summed E-state index contributed by atoms with van der Waals surface area (Å²) in [5, 5.41) is 5.00. The van der Waals surface area contributed by atoms with E-state index in [1.807, 2.05) is 47.8 Å². The van der Waals surface area contributed by atoms with E-state index in [-0.39, 0.29) is 13.0 Å². The molecule has 4 aromatic rings. The van der Waals surface area contributed by atoms with Gasteiger partial charge < -0.3 is 9.47 Å². The molecular weight excluding hydrogens is 436 g/mol. The zero-order valence-electron chi connectivity index (χ0n) is 18.0. The Bertz CT molecular complexity index is 1240. The van der Waals surface area contributed by atoms with Crippen molar-refractivity contribution in [1.29, 1.82) is 0 Å². The van der Waals surface area contributed by atoms with Crippen LogP contribution in [0.5, 0.6) is 5.75 Å². The number of carbonyl (C=O) groups is 2. The zero-order valence-corrected chi connectivity index (χ0v) is 18.8. The molecule has 1 aromatic heterocycles. The average Bonchev–Trinajstić information content (AvgIpc) is 3.32. The number of anilines is 1. The number of nitrogens with one attached hydrogen (secondary N) is 1. The second-order valence-electron chi connectivity index (χ2n) is 7.22. The van der Waals surface area contributed by atoms with Crippen molar-refractivity contribution in [3.63, 3.8) is 0 Å². The summed E-state index contributed by atoms with van der Waals surface area (Å²) in [4.78, 5) is 28.7. The molecule has 3 aromatic carbocycles. The van der Waals surface area contributed by atoms with Crippen molar-refractivity contribution < 1.29 is 19.1 Å². The minimum Gasteiger partial charge on any atom is -0.497 e. The molecule has 7 heteroatoms. The SMILES string of the molecule is COc1cccc(CC(=O)OCC(=O)Nc2nc(-c3ccc(-c4ccccc4)cc3)cs2)c1. The molecule has 33 heavy (non-hydrogen) atoms. The molecule has 6 nitrogen and oxygen atoms in total. The van der Waals surface area contributed by atoms with E-state index in [2.05, 4.69) is 22.4 Å². The molecule has 0 saturated heterocycles. The van der Waals surface area contributed by atoms with Crippen LogP contribution in [-0.2, 0) is 20.7 Å². The molecule has 0 spiro atoms. The van der Waals surface area contributed by atoms with Gasteiger partial charge >= 0.3 is 5.97 Å². The first-order chi connectivity index (χ1) is 16.1. The zero-order chi connectivity index (χ0) is 23.0. The first kappa shape index (κ1) is 22.2. The number of hydrogen-bond donors (Lipinski definition) is 1. The maximum atomic E-state index is 12.2. The van der Waals surface area contributed by atoms with Crippen LogP contribution in [0.1, 0.15) is 5.56 Å². The monoisotopic (exact) mass is 458 g/mol. The Hall–Kier alpha value is -3.97. The topological polar surface area (TPSA) is 77.5 Å². The van der Waals surface area contributed by atoms with Crippen LogP contribution >= 0.6 is 11.3 Å². The summed E-state index contributed by atoms with van der Waals surface area (Å²) in [5.74, 6) is -0.265. The lowest BCUT2D eigenvalue weighted by Gasteiger charge is -2.06. The number of rotatable bonds is 8. The van der Waals surface area contributed by atoms with Crippen LogP contribution in [0.3, 0.4) is 0 Å². The van der Waals surface area contributed by atoms with Crippen LogP contribution in [0.2, 0.25) is 0 Å². The van der Waals surface area contributed by atoms with Gasteiger partial charge in [0.15, 0.2) is 11.7 Å². The molecule has 0 bridgehead atoms. The first-order valence-corrected chi connectivity index (χ1v) is 11.2. The van der Waals surface area contributed by atoms with Gasteiger partial charge in [-0.05, 0) is 28.8 Å². The standard InChI is InChI=1S/C26H22N2O4S/c1-31-22-9-5-6-18(14-22)15-25(30)32-16-24(29)28-26-27-23(17-33-26)21-12-10-20(11-13-21)19-7-3-2-4-8-19/h2-14,17H,15-16H2,1H3,(H,27,28,29). The van der Waals surface area contributed by atoms with E-state index in [1.54, 1.807) is 31.4 Å². The summed E-state index contributed by atoms with van der Waals surface area (Å²) >= 11 is 1.32. The van der Waals surface area contributed by atoms with Crippen molar-refractivity contribution in [2.75, 3.05) is 19.0 Å². The van der Waals surface area contributed by atoms with Crippen LogP contribution in [0, 0.1) is 0 Å². The van der Waals surface area contributed by atoms with E-state index in [0.29, 0.717) is 10.9 Å². The van der Waals surface area contributed by atoms with E-state index < -0.39 is 11.9 Å². The lowest BCUT2D eigenvalue weighted by molar-refractivity contribution is -0.146. The lowest BCUT2D eigenvalue weighted by Crippen LogP contribution is -2.21. The molecular formula is C26H22N2O4S. The fraction of sp³-hybridized carbons (Fsp3) is 0.115. The number of hydrogen-bond acceptors (Lipinski definition) is 6. The normalized spacial score (nSPS) is 10.5. The van der Waals surface area contributed by atoms with E-state index in [0.717, 1.165) is 27.9 Å². The number of amides is 1. The maximum absolute atomic E-state index is 12.2. The van der Waals surface area contributed by atoms with Gasteiger partial charge in [-0.25, -0.2) is 4.98 Å². The second-order valence-corrected chi connectivity index (χ2v) is 8.08. The van der Waals surface area contributed by atoms with Gasteiger partial charge in [-0.3, -0.25) is 14.9 Å². The van der Waals surface area contributed by atoms with Crippen LogP contribution in [-0.4, -0.2) is 30.6 Å². The Labute approximate surface area is 195 Å². The molecule has 1 N–H and O–H groups in total.